The molecule has 1 aromatic carbocycles. The minimum absolute atomic E-state index is 0.0303. The predicted octanol–water partition coefficient (Wildman–Crippen LogP) is 1.56. The molecule has 1 aliphatic heterocycles. The van der Waals surface area contributed by atoms with Gasteiger partial charge in [0.25, 0.3) is 5.91 Å². The SMILES string of the molecule is Cn1ccc(C(=O)Nc2ccc3c(c2)CCC(=O)N3)n1. The van der Waals surface area contributed by atoms with E-state index in [1.165, 1.54) is 0 Å². The Morgan fingerprint density at radius 2 is 2.20 bits per heavy atom. The van der Waals surface area contributed by atoms with Gasteiger partial charge in [0.05, 0.1) is 0 Å². The van der Waals surface area contributed by atoms with Crippen LogP contribution in [0.3, 0.4) is 0 Å². The van der Waals surface area contributed by atoms with Crippen molar-refractivity contribution in [1.29, 1.82) is 0 Å². The Morgan fingerprint density at radius 3 is 2.95 bits per heavy atom. The van der Waals surface area contributed by atoms with Gasteiger partial charge < -0.3 is 10.6 Å². The number of aromatic nitrogens is 2. The van der Waals surface area contributed by atoms with E-state index in [1.807, 2.05) is 6.07 Å². The smallest absolute Gasteiger partial charge is 0.276 e. The lowest BCUT2D eigenvalue weighted by molar-refractivity contribution is -0.116. The molecule has 102 valence electrons. The highest BCUT2D eigenvalue weighted by molar-refractivity contribution is 6.03. The first-order chi connectivity index (χ1) is 9.61. The number of carbonyl (C=O) groups is 2. The second-order valence-corrected chi connectivity index (χ2v) is 4.75. The summed E-state index contributed by atoms with van der Waals surface area (Å²) >= 11 is 0. The number of fused-ring (bicyclic) bond motifs is 1. The van der Waals surface area contributed by atoms with Gasteiger partial charge in [-0.1, -0.05) is 0 Å². The number of aryl methyl sites for hydroxylation is 2. The molecule has 0 aliphatic carbocycles. The Hall–Kier alpha value is -2.63. The molecule has 0 atom stereocenters. The van der Waals surface area contributed by atoms with Crippen LogP contribution in [0.5, 0.6) is 0 Å². The molecule has 0 unspecified atom stereocenters. The molecule has 2 aromatic rings. The average molecular weight is 270 g/mol. The molecular formula is C14H14N4O2. The summed E-state index contributed by atoms with van der Waals surface area (Å²) in [5.41, 5.74) is 2.93. The summed E-state index contributed by atoms with van der Waals surface area (Å²) in [6, 6.07) is 7.12. The summed E-state index contributed by atoms with van der Waals surface area (Å²) in [5, 5.41) is 9.67. The Balaban J connectivity index is 1.78. The first-order valence-corrected chi connectivity index (χ1v) is 6.35. The first-order valence-electron chi connectivity index (χ1n) is 6.35. The zero-order valence-corrected chi connectivity index (χ0v) is 11.0. The van der Waals surface area contributed by atoms with Crippen LogP contribution < -0.4 is 10.6 Å². The van der Waals surface area contributed by atoms with E-state index in [2.05, 4.69) is 15.7 Å². The van der Waals surface area contributed by atoms with Gasteiger partial charge in [-0.25, -0.2) is 0 Å². The minimum atomic E-state index is -0.245. The highest BCUT2D eigenvalue weighted by Gasteiger charge is 2.16. The van der Waals surface area contributed by atoms with Crippen LogP contribution in [0.25, 0.3) is 0 Å². The number of benzene rings is 1. The van der Waals surface area contributed by atoms with E-state index in [9.17, 15) is 9.59 Å². The van der Waals surface area contributed by atoms with E-state index in [1.54, 1.807) is 36.1 Å². The Bertz CT molecular complexity index is 690. The molecule has 6 nitrogen and oxygen atoms in total. The van der Waals surface area contributed by atoms with Crippen LogP contribution in [0.4, 0.5) is 11.4 Å². The highest BCUT2D eigenvalue weighted by atomic mass is 16.2. The summed E-state index contributed by atoms with van der Waals surface area (Å²) in [5.74, 6) is -0.215. The fourth-order valence-electron chi connectivity index (χ4n) is 2.19. The van der Waals surface area contributed by atoms with E-state index in [0.717, 1.165) is 11.3 Å². The van der Waals surface area contributed by atoms with Gasteiger partial charge in [0.1, 0.15) is 0 Å². The number of anilines is 2. The monoisotopic (exact) mass is 270 g/mol. The number of amides is 2. The zero-order valence-electron chi connectivity index (χ0n) is 11.0. The van der Waals surface area contributed by atoms with Crippen molar-refractivity contribution in [3.05, 3.63) is 41.7 Å². The third kappa shape index (κ3) is 2.40. The molecule has 3 rings (SSSR count). The maximum absolute atomic E-state index is 12.0. The average Bonchev–Trinajstić information content (AvgIpc) is 2.86. The molecule has 6 heteroatoms. The fourth-order valence-corrected chi connectivity index (χ4v) is 2.19. The van der Waals surface area contributed by atoms with Crippen molar-refractivity contribution >= 4 is 23.2 Å². The maximum atomic E-state index is 12.0. The van der Waals surface area contributed by atoms with Crippen LogP contribution in [-0.4, -0.2) is 21.6 Å². The van der Waals surface area contributed by atoms with E-state index in [-0.39, 0.29) is 11.8 Å². The predicted molar refractivity (Wildman–Crippen MR) is 74.6 cm³/mol. The molecular weight excluding hydrogens is 256 g/mol. The second kappa shape index (κ2) is 4.80. The van der Waals surface area contributed by atoms with Crippen LogP contribution in [0.2, 0.25) is 0 Å². The summed E-state index contributed by atoms with van der Waals surface area (Å²) in [6.45, 7) is 0. The van der Waals surface area contributed by atoms with Crippen LogP contribution in [0.1, 0.15) is 22.5 Å². The molecule has 2 N–H and O–H groups in total. The van der Waals surface area contributed by atoms with Crippen molar-refractivity contribution in [3.63, 3.8) is 0 Å². The number of nitrogens with zero attached hydrogens (tertiary/aromatic N) is 2. The molecule has 0 fully saturated rings. The van der Waals surface area contributed by atoms with Crippen molar-refractivity contribution in [2.24, 2.45) is 7.05 Å². The van der Waals surface area contributed by atoms with Crippen molar-refractivity contribution < 1.29 is 9.59 Å². The largest absolute Gasteiger partial charge is 0.326 e. The summed E-state index contributed by atoms with van der Waals surface area (Å²) in [7, 11) is 1.76. The quantitative estimate of drug-likeness (QED) is 0.869. The second-order valence-electron chi connectivity index (χ2n) is 4.75. The molecule has 1 aliphatic rings. The number of carbonyl (C=O) groups excluding carboxylic acids is 2. The summed E-state index contributed by atoms with van der Waals surface area (Å²) < 4.78 is 1.58. The summed E-state index contributed by atoms with van der Waals surface area (Å²) in [6.07, 6.45) is 2.89. The van der Waals surface area contributed by atoms with E-state index in [0.29, 0.717) is 24.2 Å². The molecule has 2 amide bonds. The van der Waals surface area contributed by atoms with Crippen LogP contribution in [0, 0.1) is 0 Å². The maximum Gasteiger partial charge on any atom is 0.276 e. The van der Waals surface area contributed by atoms with Gasteiger partial charge in [0, 0.05) is 31.0 Å². The first kappa shape index (κ1) is 12.4. The van der Waals surface area contributed by atoms with Gasteiger partial charge in [-0.05, 0) is 36.2 Å². The molecule has 0 spiro atoms. The van der Waals surface area contributed by atoms with E-state index < -0.39 is 0 Å². The van der Waals surface area contributed by atoms with Gasteiger partial charge in [0.15, 0.2) is 5.69 Å². The zero-order chi connectivity index (χ0) is 14.1. The molecule has 2 heterocycles. The Labute approximate surface area is 115 Å². The van der Waals surface area contributed by atoms with E-state index >= 15 is 0 Å². The van der Waals surface area contributed by atoms with Crippen LogP contribution in [0.15, 0.2) is 30.5 Å². The minimum Gasteiger partial charge on any atom is -0.326 e. The third-order valence-electron chi connectivity index (χ3n) is 3.20. The third-order valence-corrected chi connectivity index (χ3v) is 3.20. The molecule has 0 saturated carbocycles. The number of nitrogens with one attached hydrogen (secondary N) is 2. The van der Waals surface area contributed by atoms with Crippen molar-refractivity contribution in [2.45, 2.75) is 12.8 Å². The lowest BCUT2D eigenvalue weighted by Gasteiger charge is -2.17. The molecule has 1 aromatic heterocycles. The van der Waals surface area contributed by atoms with Gasteiger partial charge in [-0.15, -0.1) is 0 Å². The van der Waals surface area contributed by atoms with E-state index in [4.69, 9.17) is 0 Å². The molecule has 20 heavy (non-hydrogen) atoms. The van der Waals surface area contributed by atoms with Gasteiger partial charge in [0.2, 0.25) is 5.91 Å². The summed E-state index contributed by atoms with van der Waals surface area (Å²) in [4.78, 5) is 23.3. The highest BCUT2D eigenvalue weighted by Crippen LogP contribution is 2.25. The standard InChI is InChI=1S/C14H14N4O2/c1-18-7-6-12(17-18)14(20)15-10-3-4-11-9(8-10)2-5-13(19)16-11/h3-4,6-8H,2,5H2,1H3,(H,15,20)(H,16,19). The molecule has 0 radical (unpaired) electrons. The Kier molecular flexibility index (Phi) is 2.98. The number of rotatable bonds is 2. The fraction of sp³-hybridized carbons (Fsp3) is 0.214. The van der Waals surface area contributed by atoms with Crippen molar-refractivity contribution in [1.82, 2.24) is 9.78 Å². The lowest BCUT2D eigenvalue weighted by Crippen LogP contribution is -2.19. The molecule has 0 saturated heterocycles. The van der Waals surface area contributed by atoms with Crippen LogP contribution >= 0.6 is 0 Å². The van der Waals surface area contributed by atoms with Gasteiger partial charge >= 0.3 is 0 Å². The number of hydrogen-bond donors (Lipinski definition) is 2. The lowest BCUT2D eigenvalue weighted by atomic mass is 10.0. The van der Waals surface area contributed by atoms with Crippen LogP contribution in [-0.2, 0) is 18.3 Å². The number of hydrogen-bond acceptors (Lipinski definition) is 3. The molecule has 0 bridgehead atoms. The van der Waals surface area contributed by atoms with Gasteiger partial charge in [-0.3, -0.25) is 14.3 Å². The van der Waals surface area contributed by atoms with Crippen molar-refractivity contribution in [3.8, 4) is 0 Å². The Morgan fingerprint density at radius 1 is 1.35 bits per heavy atom. The normalized spacial score (nSPS) is 13.6. The topological polar surface area (TPSA) is 76.0 Å². The van der Waals surface area contributed by atoms with Gasteiger partial charge in [-0.2, -0.15) is 5.10 Å². The van der Waals surface area contributed by atoms with Crippen molar-refractivity contribution in [2.75, 3.05) is 10.6 Å².